The molecule has 2 aromatic carbocycles. The third-order valence-electron chi connectivity index (χ3n) is 7.41. The van der Waals surface area contributed by atoms with Crippen LogP contribution in [0.15, 0.2) is 48.5 Å². The van der Waals surface area contributed by atoms with Gasteiger partial charge in [0.2, 0.25) is 0 Å². The summed E-state index contributed by atoms with van der Waals surface area (Å²) in [4.78, 5) is 14.9. The predicted molar refractivity (Wildman–Crippen MR) is 215 cm³/mol. The summed E-state index contributed by atoms with van der Waals surface area (Å²) in [6.45, 7) is 12.9. The van der Waals surface area contributed by atoms with Crippen molar-refractivity contribution in [2.45, 2.75) is 85.5 Å². The fourth-order valence-corrected chi connectivity index (χ4v) is 5.34. The first-order chi connectivity index (χ1) is 23.9. The van der Waals surface area contributed by atoms with Crippen molar-refractivity contribution in [1.29, 1.82) is 0 Å². The van der Waals surface area contributed by atoms with Crippen LogP contribution < -0.4 is 9.47 Å². The summed E-state index contributed by atoms with van der Waals surface area (Å²) in [5, 5.41) is 16.6. The molecule has 0 atom stereocenters. The van der Waals surface area contributed by atoms with E-state index in [-0.39, 0.29) is 26.6 Å². The summed E-state index contributed by atoms with van der Waals surface area (Å²) in [6, 6.07) is 16.1. The number of hydrogen-bond acceptors (Lipinski definition) is 8. The Hall–Kier alpha value is -2.80. The van der Waals surface area contributed by atoms with Gasteiger partial charge < -0.3 is 34.2 Å². The topological polar surface area (TPSA) is 91.7 Å². The van der Waals surface area contributed by atoms with Crippen LogP contribution in [0.1, 0.15) is 91.0 Å². The molecule has 0 bridgehead atoms. The molecule has 8 nitrogen and oxygen atoms in total. The van der Waals surface area contributed by atoms with Gasteiger partial charge in [0.25, 0.3) is 0 Å². The molecule has 2 aliphatic heterocycles. The smallest absolute Gasteiger partial charge is 0.302 e. The summed E-state index contributed by atoms with van der Waals surface area (Å²) in [5.74, 6) is 9.87. The third kappa shape index (κ3) is 27.0. The van der Waals surface area contributed by atoms with Crippen molar-refractivity contribution in [3.8, 4) is 35.7 Å². The van der Waals surface area contributed by atoms with E-state index in [0.717, 1.165) is 49.7 Å². The molecule has 0 aliphatic carbocycles. The van der Waals surface area contributed by atoms with Crippen LogP contribution in [-0.2, 0) is 9.53 Å². The van der Waals surface area contributed by atoms with E-state index in [0.29, 0.717) is 19.4 Å². The van der Waals surface area contributed by atoms with Crippen LogP contribution in [0.4, 0.5) is 0 Å². The van der Waals surface area contributed by atoms with Gasteiger partial charge in [0, 0.05) is 42.0 Å². The zero-order valence-corrected chi connectivity index (χ0v) is 32.0. The van der Waals surface area contributed by atoms with E-state index in [1.165, 1.54) is 81.7 Å². The number of esters is 1. The van der Waals surface area contributed by atoms with E-state index in [9.17, 15) is 4.79 Å². The Bertz CT molecular complexity index is 1180. The number of likely N-dealkylation sites (tertiary alicyclic amines) is 2. The van der Waals surface area contributed by atoms with E-state index in [2.05, 4.69) is 67.0 Å². The summed E-state index contributed by atoms with van der Waals surface area (Å²) >= 11 is 2.31. The molecule has 0 aromatic heterocycles. The van der Waals surface area contributed by atoms with Gasteiger partial charge in [-0.15, -0.1) is 12.3 Å². The van der Waals surface area contributed by atoms with Crippen LogP contribution in [0, 0.1) is 27.8 Å². The molecule has 50 heavy (non-hydrogen) atoms. The maximum atomic E-state index is 9.82. The second-order valence-electron chi connectivity index (χ2n) is 11.6. The molecule has 2 fully saturated rings. The normalized spacial score (nSPS) is 13.8. The Balaban J connectivity index is 0.000000738. The van der Waals surface area contributed by atoms with Gasteiger partial charge in [-0.05, 0) is 143 Å². The number of halogens is 1. The third-order valence-corrected chi connectivity index (χ3v) is 8.13. The van der Waals surface area contributed by atoms with Gasteiger partial charge in [-0.2, -0.15) is 0 Å². The van der Waals surface area contributed by atoms with Gasteiger partial charge in [-0.1, -0.05) is 32.1 Å². The molecular formula is C41H63IN2O6. The predicted octanol–water partition coefficient (Wildman–Crippen LogP) is 7.43. The number of aliphatic hydroxyl groups excluding tert-OH is 2. The zero-order chi connectivity index (χ0) is 35.8. The van der Waals surface area contributed by atoms with Crippen molar-refractivity contribution in [3.63, 3.8) is 0 Å². The Morgan fingerprint density at radius 2 is 1.24 bits per heavy atom. The van der Waals surface area contributed by atoms with Gasteiger partial charge in [0.1, 0.15) is 11.5 Å². The number of aliphatic hydroxyl groups is 2. The molecule has 9 heteroatoms. The first-order valence-corrected chi connectivity index (χ1v) is 18.8. The fourth-order valence-electron chi connectivity index (χ4n) is 4.98. The van der Waals surface area contributed by atoms with E-state index in [1.807, 2.05) is 36.4 Å². The molecule has 2 aliphatic rings. The zero-order valence-electron chi connectivity index (χ0n) is 29.8. The van der Waals surface area contributed by atoms with Crippen LogP contribution in [0.3, 0.4) is 0 Å². The van der Waals surface area contributed by atoms with Gasteiger partial charge in [-0.3, -0.25) is 4.79 Å². The lowest BCUT2D eigenvalue weighted by atomic mass is 10.1. The second-order valence-corrected chi connectivity index (χ2v) is 12.8. The van der Waals surface area contributed by atoms with Crippen molar-refractivity contribution in [2.24, 2.45) is 0 Å². The fraction of sp³-hybridized carbons (Fsp3) is 0.585. The van der Waals surface area contributed by atoms with Gasteiger partial charge in [0.15, 0.2) is 0 Å². The number of rotatable bonds is 13. The molecule has 0 saturated carbocycles. The van der Waals surface area contributed by atoms with E-state index in [1.54, 1.807) is 6.92 Å². The van der Waals surface area contributed by atoms with Gasteiger partial charge in [-0.25, -0.2) is 0 Å². The van der Waals surface area contributed by atoms with Crippen LogP contribution in [-0.4, -0.2) is 98.3 Å². The van der Waals surface area contributed by atoms with E-state index in [4.69, 9.17) is 26.1 Å². The minimum atomic E-state index is -0.211. The van der Waals surface area contributed by atoms with Crippen molar-refractivity contribution >= 4 is 28.6 Å². The number of hydrogen-bond donors (Lipinski definition) is 2. The van der Waals surface area contributed by atoms with Crippen molar-refractivity contribution < 1.29 is 29.2 Å². The van der Waals surface area contributed by atoms with Crippen LogP contribution in [0.5, 0.6) is 11.5 Å². The maximum absolute atomic E-state index is 9.82. The van der Waals surface area contributed by atoms with Crippen molar-refractivity contribution in [1.82, 2.24) is 9.80 Å². The number of piperidine rings is 2. The minimum absolute atomic E-state index is 0. The van der Waals surface area contributed by atoms with E-state index >= 15 is 0 Å². The average Bonchev–Trinajstić information content (AvgIpc) is 3.12. The number of terminal acetylenes is 1. The molecule has 280 valence electrons. The molecule has 0 spiro atoms. The number of carbonyl (C=O) groups is 1. The lowest BCUT2D eigenvalue weighted by molar-refractivity contribution is -0.140. The first kappa shape index (κ1) is 47.2. The molecule has 0 radical (unpaired) electrons. The number of ether oxygens (including phenoxy) is 3. The molecule has 2 aromatic rings. The summed E-state index contributed by atoms with van der Waals surface area (Å²) < 4.78 is 17.1. The van der Waals surface area contributed by atoms with Crippen LogP contribution >= 0.6 is 22.6 Å². The Labute approximate surface area is 317 Å². The number of nitrogens with zero attached hydrogens (tertiary/aromatic N) is 2. The van der Waals surface area contributed by atoms with Crippen molar-refractivity contribution in [2.75, 3.05) is 72.3 Å². The molecule has 2 N–H and O–H groups in total. The van der Waals surface area contributed by atoms with Crippen LogP contribution in [0.25, 0.3) is 0 Å². The average molecular weight is 807 g/mol. The highest BCUT2D eigenvalue weighted by atomic mass is 127. The highest BCUT2D eigenvalue weighted by Gasteiger charge is 2.10. The Morgan fingerprint density at radius 1 is 0.780 bits per heavy atom. The largest absolute Gasteiger partial charge is 0.494 e. The highest BCUT2D eigenvalue weighted by Crippen LogP contribution is 2.15. The number of carbonyl (C=O) groups excluding carboxylic acids is 1. The lowest BCUT2D eigenvalue weighted by Gasteiger charge is -2.26. The summed E-state index contributed by atoms with van der Waals surface area (Å²) in [5.41, 5.74) is 0.962. The second kappa shape index (κ2) is 33.3. The molecule has 2 heterocycles. The van der Waals surface area contributed by atoms with E-state index < -0.39 is 0 Å². The van der Waals surface area contributed by atoms with Crippen molar-refractivity contribution in [3.05, 3.63) is 57.7 Å². The van der Waals surface area contributed by atoms with Gasteiger partial charge in [0.05, 0.1) is 33.0 Å². The molecule has 4 rings (SSSR count). The van der Waals surface area contributed by atoms with Crippen LogP contribution in [0.2, 0.25) is 0 Å². The maximum Gasteiger partial charge on any atom is 0.302 e. The minimum Gasteiger partial charge on any atom is -0.494 e. The monoisotopic (exact) mass is 806 g/mol. The lowest BCUT2D eigenvalue weighted by Crippen LogP contribution is -2.31. The molecule has 0 amide bonds. The SMILES string of the molecule is C.C#CCCO.CCOC(C)=O.Ic1ccc(OCCCN2CCCCC2)cc1.OCCC#Cc1ccc(OCCCN2CCCCC2)cc1. The first-order valence-electron chi connectivity index (χ1n) is 17.7. The van der Waals surface area contributed by atoms with Gasteiger partial charge >= 0.3 is 5.97 Å². The molecule has 0 unspecified atom stereocenters. The molecular weight excluding hydrogens is 743 g/mol. The number of benzene rings is 2. The molecule has 2 saturated heterocycles. The summed E-state index contributed by atoms with van der Waals surface area (Å²) in [7, 11) is 0. The standard InChI is InChI=1S/C18H25NO2.C14H20INO.C4H8O2.C4H6O.CH4/c20-15-5-2-7-17-8-10-18(11-9-17)21-16-6-14-19-12-3-1-4-13-19;15-13-5-7-14(8-6-13)17-12-4-11-16-9-2-1-3-10-16;1-3-6-4(2)5;1-2-3-4-5;/h8-11,20H,1,3-6,12-16H2;5-8H,1-4,9-12H2;3H2,1-2H3;1,5H,3-4H2;1H4. The summed E-state index contributed by atoms with van der Waals surface area (Å²) in [6.07, 6.45) is 16.2. The highest BCUT2D eigenvalue weighted by molar-refractivity contribution is 14.1. The quantitative estimate of drug-likeness (QED) is 0.0936. The Morgan fingerprint density at radius 3 is 1.60 bits per heavy atom. The Kier molecular flexibility index (Phi) is 31.5.